The summed E-state index contributed by atoms with van der Waals surface area (Å²) in [6.07, 6.45) is 3.19. The molecule has 0 saturated carbocycles. The highest BCUT2D eigenvalue weighted by Crippen LogP contribution is 2.14. The number of hydrogen-bond acceptors (Lipinski definition) is 0. The number of hydrogen-bond donors (Lipinski definition) is 0. The summed E-state index contributed by atoms with van der Waals surface area (Å²) in [5.74, 6) is 0. The summed E-state index contributed by atoms with van der Waals surface area (Å²) >= 11 is 0. The molecule has 0 saturated heterocycles. The van der Waals surface area contributed by atoms with Gasteiger partial charge in [0.15, 0.2) is 0 Å². The topological polar surface area (TPSA) is 0 Å². The van der Waals surface area contributed by atoms with E-state index in [4.69, 9.17) is 0 Å². The van der Waals surface area contributed by atoms with E-state index in [-0.39, 0.29) is 0 Å². The zero-order valence-corrected chi connectivity index (χ0v) is 8.72. The van der Waals surface area contributed by atoms with Crippen molar-refractivity contribution >= 4 is 0 Å². The maximum absolute atomic E-state index is 3.88. The van der Waals surface area contributed by atoms with Gasteiger partial charge < -0.3 is 0 Å². The molecule has 0 unspecified atom stereocenters. The summed E-state index contributed by atoms with van der Waals surface area (Å²) < 4.78 is 0. The Labute approximate surface area is 81.3 Å². The average Bonchev–Trinajstić information content (AvgIpc) is 2.07. The average molecular weight is 173 g/mol. The number of benzene rings is 1. The predicted molar refractivity (Wildman–Crippen MR) is 58.7 cm³/mol. The molecule has 69 valence electrons. The van der Waals surface area contributed by atoms with E-state index in [1.807, 2.05) is 0 Å². The lowest BCUT2D eigenvalue weighted by Gasteiger charge is -2.04. The summed E-state index contributed by atoms with van der Waals surface area (Å²) in [5, 5.41) is 0. The molecule has 0 spiro atoms. The molecule has 1 rings (SSSR count). The molecule has 0 fully saturated rings. The van der Waals surface area contributed by atoms with E-state index < -0.39 is 0 Å². The van der Waals surface area contributed by atoms with Crippen LogP contribution in [0.25, 0.3) is 0 Å². The zero-order chi connectivity index (χ0) is 9.84. The van der Waals surface area contributed by atoms with Gasteiger partial charge in [-0.3, -0.25) is 0 Å². The van der Waals surface area contributed by atoms with Crippen molar-refractivity contribution in [2.24, 2.45) is 0 Å². The molecule has 1 aromatic carbocycles. The highest BCUT2D eigenvalue weighted by Gasteiger charge is 1.96. The lowest BCUT2D eigenvalue weighted by atomic mass is 10.0. The first-order valence-corrected chi connectivity index (χ1v) is 4.64. The van der Waals surface area contributed by atoms with E-state index in [1.54, 1.807) is 0 Å². The molecule has 0 amide bonds. The summed E-state index contributed by atoms with van der Waals surface area (Å²) in [7, 11) is 0. The fourth-order valence-corrected chi connectivity index (χ4v) is 1.18. The van der Waals surface area contributed by atoms with Crippen LogP contribution in [0.3, 0.4) is 0 Å². The summed E-state index contributed by atoms with van der Waals surface area (Å²) in [6, 6.07) is 6.54. The van der Waals surface area contributed by atoms with E-state index in [0.717, 1.165) is 6.42 Å². The molecule has 0 aliphatic carbocycles. The normalized spacial score (nSPS) is 10.1. The van der Waals surface area contributed by atoms with Crippen LogP contribution in [0.1, 0.15) is 30.0 Å². The molecule has 13 heavy (non-hydrogen) atoms. The van der Waals surface area contributed by atoms with Gasteiger partial charge in [0.05, 0.1) is 0 Å². The Morgan fingerprint density at radius 2 is 2.00 bits per heavy atom. The highest BCUT2D eigenvalue weighted by molar-refractivity contribution is 5.34. The third-order valence-corrected chi connectivity index (χ3v) is 2.22. The molecule has 0 atom stereocenters. The Bertz CT molecular complexity index is 308. The van der Waals surface area contributed by atoms with Crippen LogP contribution in [0.15, 0.2) is 30.4 Å². The molecule has 1 aromatic rings. The molecule has 0 aliphatic rings. The monoisotopic (exact) mass is 173 g/mol. The van der Waals surface area contributed by atoms with Crippen LogP contribution in [0, 0.1) is 20.3 Å². The lowest BCUT2D eigenvalue weighted by molar-refractivity contribution is 1.13. The molecule has 0 aliphatic heterocycles. The van der Waals surface area contributed by atoms with Gasteiger partial charge in [-0.15, -0.1) is 6.58 Å². The standard InChI is InChI=1S/C13H17/c1-10(2)5-7-13-8-6-11(3)12(4)9-13/h6-9H,1,5H2,2-4H3. The van der Waals surface area contributed by atoms with Gasteiger partial charge in [0.1, 0.15) is 0 Å². The van der Waals surface area contributed by atoms with Crippen molar-refractivity contribution in [2.45, 2.75) is 27.2 Å². The Morgan fingerprint density at radius 1 is 1.31 bits per heavy atom. The Morgan fingerprint density at radius 3 is 2.54 bits per heavy atom. The SMILES string of the molecule is C=C(C)C[CH]c1ccc(C)c(C)c1. The molecule has 0 N–H and O–H groups in total. The van der Waals surface area contributed by atoms with Crippen LogP contribution in [0.4, 0.5) is 0 Å². The Hall–Kier alpha value is -1.04. The van der Waals surface area contributed by atoms with Crippen LogP contribution >= 0.6 is 0 Å². The van der Waals surface area contributed by atoms with Crippen molar-refractivity contribution in [3.8, 4) is 0 Å². The van der Waals surface area contributed by atoms with E-state index in [1.165, 1.54) is 22.3 Å². The molecule has 0 heteroatoms. The van der Waals surface area contributed by atoms with Crippen molar-refractivity contribution in [1.29, 1.82) is 0 Å². The second-order valence-corrected chi connectivity index (χ2v) is 3.71. The fraction of sp³-hybridized carbons (Fsp3) is 0.308. The smallest absolute Gasteiger partial charge is 0.00529 e. The lowest BCUT2D eigenvalue weighted by Crippen LogP contribution is -1.86. The molecular weight excluding hydrogens is 156 g/mol. The third-order valence-electron chi connectivity index (χ3n) is 2.22. The van der Waals surface area contributed by atoms with Gasteiger partial charge in [-0.2, -0.15) is 0 Å². The van der Waals surface area contributed by atoms with Gasteiger partial charge in [-0.1, -0.05) is 23.8 Å². The minimum atomic E-state index is 0.975. The Kier molecular flexibility index (Phi) is 3.30. The van der Waals surface area contributed by atoms with Gasteiger partial charge in [0.2, 0.25) is 0 Å². The van der Waals surface area contributed by atoms with Crippen molar-refractivity contribution in [1.82, 2.24) is 0 Å². The first kappa shape index (κ1) is 10.0. The van der Waals surface area contributed by atoms with Crippen LogP contribution in [0.2, 0.25) is 0 Å². The zero-order valence-electron chi connectivity index (χ0n) is 8.72. The number of aryl methyl sites for hydroxylation is 2. The third kappa shape index (κ3) is 3.06. The van der Waals surface area contributed by atoms with E-state index in [9.17, 15) is 0 Å². The van der Waals surface area contributed by atoms with Gasteiger partial charge >= 0.3 is 0 Å². The molecule has 0 aromatic heterocycles. The van der Waals surface area contributed by atoms with E-state index in [2.05, 4.69) is 52.0 Å². The summed E-state index contributed by atoms with van der Waals surface area (Å²) in [4.78, 5) is 0. The minimum absolute atomic E-state index is 0.975. The van der Waals surface area contributed by atoms with Gasteiger partial charge in [0, 0.05) is 0 Å². The number of rotatable bonds is 3. The molecule has 1 radical (unpaired) electrons. The molecule has 0 bridgehead atoms. The molecule has 0 heterocycles. The largest absolute Gasteiger partial charge is 0.100 e. The molecule has 0 nitrogen and oxygen atoms in total. The Balaban J connectivity index is 2.68. The number of allylic oxidation sites excluding steroid dienone is 1. The summed E-state index contributed by atoms with van der Waals surface area (Å²) in [5.41, 5.74) is 5.22. The first-order valence-electron chi connectivity index (χ1n) is 4.64. The maximum atomic E-state index is 3.88. The van der Waals surface area contributed by atoms with Gasteiger partial charge in [0.25, 0.3) is 0 Å². The second kappa shape index (κ2) is 4.27. The van der Waals surface area contributed by atoms with Crippen LogP contribution < -0.4 is 0 Å². The van der Waals surface area contributed by atoms with Gasteiger partial charge in [-0.05, 0) is 50.3 Å². The van der Waals surface area contributed by atoms with Crippen molar-refractivity contribution in [3.05, 3.63) is 53.5 Å². The van der Waals surface area contributed by atoms with E-state index >= 15 is 0 Å². The minimum Gasteiger partial charge on any atom is -0.100 e. The second-order valence-electron chi connectivity index (χ2n) is 3.71. The van der Waals surface area contributed by atoms with Crippen LogP contribution in [0.5, 0.6) is 0 Å². The fourth-order valence-electron chi connectivity index (χ4n) is 1.18. The van der Waals surface area contributed by atoms with Crippen molar-refractivity contribution in [3.63, 3.8) is 0 Å². The van der Waals surface area contributed by atoms with Crippen molar-refractivity contribution < 1.29 is 0 Å². The summed E-state index contributed by atoms with van der Waals surface area (Å²) in [6.45, 7) is 10.2. The molecular formula is C13H17. The van der Waals surface area contributed by atoms with E-state index in [0.29, 0.717) is 0 Å². The van der Waals surface area contributed by atoms with Crippen molar-refractivity contribution in [2.75, 3.05) is 0 Å². The highest BCUT2D eigenvalue weighted by atomic mass is 14.0. The van der Waals surface area contributed by atoms with Crippen LogP contribution in [-0.2, 0) is 0 Å². The predicted octanol–water partition coefficient (Wildman–Crippen LogP) is 3.82. The van der Waals surface area contributed by atoms with Crippen LogP contribution in [-0.4, -0.2) is 0 Å². The maximum Gasteiger partial charge on any atom is -0.00529 e. The quantitative estimate of drug-likeness (QED) is 0.609. The van der Waals surface area contributed by atoms with Gasteiger partial charge in [-0.25, -0.2) is 0 Å². The first-order chi connectivity index (χ1) is 6.09.